The molecule has 1 N–H and O–H groups in total. The zero-order valence-corrected chi connectivity index (χ0v) is 12.1. The van der Waals surface area contributed by atoms with Crippen LogP contribution in [0.3, 0.4) is 0 Å². The average Bonchev–Trinajstić information content (AvgIpc) is 3.06. The second-order valence-corrected chi connectivity index (χ2v) is 4.75. The minimum atomic E-state index is -0.597. The van der Waals surface area contributed by atoms with Crippen molar-refractivity contribution in [2.45, 2.75) is 6.54 Å². The molecule has 0 aliphatic carbocycles. The van der Waals surface area contributed by atoms with E-state index in [9.17, 15) is 9.59 Å². The van der Waals surface area contributed by atoms with Crippen molar-refractivity contribution in [3.63, 3.8) is 0 Å². The summed E-state index contributed by atoms with van der Waals surface area (Å²) in [7, 11) is 0. The van der Waals surface area contributed by atoms with Gasteiger partial charge in [0.25, 0.3) is 5.91 Å². The Hall–Kier alpha value is -3.22. The van der Waals surface area contributed by atoms with Gasteiger partial charge in [-0.25, -0.2) is 9.78 Å². The predicted molar refractivity (Wildman–Crippen MR) is 80.4 cm³/mol. The molecular formula is C16H13N3O4. The Morgan fingerprint density at radius 3 is 3.00 bits per heavy atom. The zero-order chi connectivity index (χ0) is 16.1. The predicted octanol–water partition coefficient (Wildman–Crippen LogP) is 1.70. The van der Waals surface area contributed by atoms with Gasteiger partial charge in [-0.05, 0) is 29.8 Å². The number of hydrogen-bond acceptors (Lipinski definition) is 6. The maximum absolute atomic E-state index is 11.9. The Labute approximate surface area is 131 Å². The fourth-order valence-electron chi connectivity index (χ4n) is 1.95. The second kappa shape index (κ2) is 6.69. The first-order chi connectivity index (χ1) is 11.2. The van der Waals surface area contributed by atoms with Gasteiger partial charge in [0.2, 0.25) is 0 Å². The van der Waals surface area contributed by atoms with E-state index in [1.165, 1.54) is 12.5 Å². The van der Waals surface area contributed by atoms with E-state index in [2.05, 4.69) is 15.3 Å². The molecule has 0 radical (unpaired) electrons. The number of amides is 1. The number of fused-ring (bicyclic) bond motifs is 1. The number of benzene rings is 1. The van der Waals surface area contributed by atoms with Crippen LogP contribution in [-0.4, -0.2) is 28.5 Å². The summed E-state index contributed by atoms with van der Waals surface area (Å²) >= 11 is 0. The van der Waals surface area contributed by atoms with Crippen LogP contribution in [0.2, 0.25) is 0 Å². The molecule has 3 aromatic rings. The molecule has 0 bridgehead atoms. The lowest BCUT2D eigenvalue weighted by atomic mass is 10.2. The number of carbonyl (C=O) groups excluding carboxylic acids is 2. The van der Waals surface area contributed by atoms with Crippen molar-refractivity contribution in [3.8, 4) is 0 Å². The maximum atomic E-state index is 11.9. The first-order valence-electron chi connectivity index (χ1n) is 6.88. The first-order valence-corrected chi connectivity index (χ1v) is 6.88. The molecule has 0 spiro atoms. The summed E-state index contributed by atoms with van der Waals surface area (Å²) in [6.45, 7) is -0.0260. The highest BCUT2D eigenvalue weighted by atomic mass is 16.5. The number of nitrogens with one attached hydrogen (secondary N) is 1. The summed E-state index contributed by atoms with van der Waals surface area (Å²) < 4.78 is 10.1. The Bertz CT molecular complexity index is 829. The van der Waals surface area contributed by atoms with Crippen molar-refractivity contribution in [2.24, 2.45) is 0 Å². The molecule has 0 aliphatic rings. The van der Waals surface area contributed by atoms with Gasteiger partial charge in [0.15, 0.2) is 18.6 Å². The van der Waals surface area contributed by atoms with Crippen molar-refractivity contribution in [2.75, 3.05) is 6.61 Å². The largest absolute Gasteiger partial charge is 0.452 e. The standard InChI is InChI=1S/C16H13N3O4/c20-15(18-8-11-2-1-5-17-7-11)9-22-16(21)12-3-4-13-14(6-12)23-10-19-13/h1-7,10H,8-9H2,(H,18,20). The van der Waals surface area contributed by atoms with Crippen LogP contribution in [0, 0.1) is 0 Å². The highest BCUT2D eigenvalue weighted by molar-refractivity contribution is 5.94. The molecule has 0 unspecified atom stereocenters. The molecule has 0 saturated carbocycles. The van der Waals surface area contributed by atoms with Crippen molar-refractivity contribution >= 4 is 23.0 Å². The number of nitrogens with zero attached hydrogens (tertiary/aromatic N) is 2. The van der Waals surface area contributed by atoms with E-state index in [1.54, 1.807) is 30.6 Å². The fourth-order valence-corrected chi connectivity index (χ4v) is 1.95. The molecule has 23 heavy (non-hydrogen) atoms. The molecule has 2 heterocycles. The summed E-state index contributed by atoms with van der Waals surface area (Å²) in [6, 6.07) is 8.36. The van der Waals surface area contributed by atoms with Crippen LogP contribution in [0.4, 0.5) is 0 Å². The van der Waals surface area contributed by atoms with Gasteiger partial charge in [-0.3, -0.25) is 9.78 Å². The van der Waals surface area contributed by atoms with Crippen molar-refractivity contribution in [3.05, 3.63) is 60.2 Å². The smallest absolute Gasteiger partial charge is 0.338 e. The van der Waals surface area contributed by atoms with Crippen LogP contribution >= 0.6 is 0 Å². The lowest BCUT2D eigenvalue weighted by molar-refractivity contribution is -0.124. The maximum Gasteiger partial charge on any atom is 0.338 e. The van der Waals surface area contributed by atoms with Crippen LogP contribution in [-0.2, 0) is 16.1 Å². The fraction of sp³-hybridized carbons (Fsp3) is 0.125. The zero-order valence-electron chi connectivity index (χ0n) is 12.1. The molecule has 3 rings (SSSR count). The average molecular weight is 311 g/mol. The first kappa shape index (κ1) is 14.7. The molecule has 1 aromatic carbocycles. The number of hydrogen-bond donors (Lipinski definition) is 1. The van der Waals surface area contributed by atoms with Gasteiger partial charge in [-0.1, -0.05) is 6.07 Å². The van der Waals surface area contributed by atoms with Gasteiger partial charge in [0.1, 0.15) is 5.52 Å². The van der Waals surface area contributed by atoms with Crippen LogP contribution < -0.4 is 5.32 Å². The van der Waals surface area contributed by atoms with E-state index < -0.39 is 5.97 Å². The summed E-state index contributed by atoms with van der Waals surface area (Å²) in [5.74, 6) is -0.984. The number of ether oxygens (including phenoxy) is 1. The van der Waals surface area contributed by atoms with E-state index in [-0.39, 0.29) is 12.5 Å². The number of rotatable bonds is 5. The molecule has 7 nitrogen and oxygen atoms in total. The van der Waals surface area contributed by atoms with Gasteiger partial charge >= 0.3 is 5.97 Å². The molecule has 0 saturated heterocycles. The number of carbonyl (C=O) groups is 2. The summed E-state index contributed by atoms with van der Waals surface area (Å²) in [5, 5.41) is 2.65. The molecule has 7 heteroatoms. The number of pyridine rings is 1. The van der Waals surface area contributed by atoms with Crippen LogP contribution in [0.1, 0.15) is 15.9 Å². The Morgan fingerprint density at radius 2 is 2.17 bits per heavy atom. The lowest BCUT2D eigenvalue weighted by Gasteiger charge is -2.06. The van der Waals surface area contributed by atoms with Gasteiger partial charge in [-0.2, -0.15) is 0 Å². The van der Waals surface area contributed by atoms with Crippen molar-refractivity contribution in [1.29, 1.82) is 0 Å². The SMILES string of the molecule is O=C(COC(=O)c1ccc2ncoc2c1)NCc1cccnc1. The van der Waals surface area contributed by atoms with Gasteiger partial charge < -0.3 is 14.5 Å². The number of oxazole rings is 1. The highest BCUT2D eigenvalue weighted by Crippen LogP contribution is 2.14. The van der Waals surface area contributed by atoms with E-state index in [1.807, 2.05) is 6.07 Å². The Morgan fingerprint density at radius 1 is 1.26 bits per heavy atom. The molecule has 0 atom stereocenters. The van der Waals surface area contributed by atoms with Crippen molar-refractivity contribution < 1.29 is 18.7 Å². The number of esters is 1. The van der Waals surface area contributed by atoms with E-state index >= 15 is 0 Å². The van der Waals surface area contributed by atoms with E-state index in [4.69, 9.17) is 9.15 Å². The third-order valence-corrected chi connectivity index (χ3v) is 3.11. The van der Waals surface area contributed by atoms with Gasteiger partial charge in [-0.15, -0.1) is 0 Å². The summed E-state index contributed by atoms with van der Waals surface area (Å²) in [5.41, 5.74) is 2.30. The quantitative estimate of drug-likeness (QED) is 0.721. The monoisotopic (exact) mass is 311 g/mol. The third-order valence-electron chi connectivity index (χ3n) is 3.11. The van der Waals surface area contributed by atoms with Crippen LogP contribution in [0.25, 0.3) is 11.1 Å². The summed E-state index contributed by atoms with van der Waals surface area (Å²) in [4.78, 5) is 31.5. The lowest BCUT2D eigenvalue weighted by Crippen LogP contribution is -2.28. The second-order valence-electron chi connectivity index (χ2n) is 4.75. The van der Waals surface area contributed by atoms with Crippen molar-refractivity contribution in [1.82, 2.24) is 15.3 Å². The summed E-state index contributed by atoms with van der Waals surface area (Å²) in [6.07, 6.45) is 4.60. The highest BCUT2D eigenvalue weighted by Gasteiger charge is 2.12. The molecule has 116 valence electrons. The van der Waals surface area contributed by atoms with Crippen LogP contribution in [0.15, 0.2) is 53.5 Å². The normalized spacial score (nSPS) is 10.4. The Kier molecular flexibility index (Phi) is 4.28. The molecule has 0 aliphatic heterocycles. The molecule has 1 amide bonds. The van der Waals surface area contributed by atoms with Gasteiger partial charge in [0, 0.05) is 18.9 Å². The minimum Gasteiger partial charge on any atom is -0.452 e. The molecular weight excluding hydrogens is 298 g/mol. The minimum absolute atomic E-state index is 0.300. The van der Waals surface area contributed by atoms with Crippen LogP contribution in [0.5, 0.6) is 0 Å². The van der Waals surface area contributed by atoms with Gasteiger partial charge in [0.05, 0.1) is 5.56 Å². The third kappa shape index (κ3) is 3.70. The topological polar surface area (TPSA) is 94.3 Å². The van der Waals surface area contributed by atoms with E-state index in [0.717, 1.165) is 5.56 Å². The number of aromatic nitrogens is 2. The Balaban J connectivity index is 1.51. The molecule has 0 fully saturated rings. The molecule has 2 aromatic heterocycles. The van der Waals surface area contributed by atoms with E-state index in [0.29, 0.717) is 23.2 Å².